The molecule has 0 fully saturated rings. The third-order valence-electron chi connectivity index (χ3n) is 2.56. The maximum atomic E-state index is 11.1. The number of aromatic nitrogens is 3. The van der Waals surface area contributed by atoms with Crippen LogP contribution in [-0.4, -0.2) is 32.6 Å². The van der Waals surface area contributed by atoms with Crippen molar-refractivity contribution in [2.24, 2.45) is 5.73 Å². The third-order valence-corrected chi connectivity index (χ3v) is 2.56. The van der Waals surface area contributed by atoms with Crippen LogP contribution in [0.3, 0.4) is 0 Å². The molecule has 0 aliphatic heterocycles. The van der Waals surface area contributed by atoms with Crippen LogP contribution in [0.15, 0.2) is 30.5 Å². The molecule has 1 aromatic heterocycles. The van der Waals surface area contributed by atoms with E-state index >= 15 is 0 Å². The van der Waals surface area contributed by atoms with Gasteiger partial charge in [-0.3, -0.25) is 4.68 Å². The molecule has 0 aliphatic rings. The van der Waals surface area contributed by atoms with Gasteiger partial charge in [-0.1, -0.05) is 23.4 Å². The van der Waals surface area contributed by atoms with E-state index in [1.165, 1.54) is 0 Å². The summed E-state index contributed by atoms with van der Waals surface area (Å²) < 4.78 is 1.67. The fourth-order valence-electron chi connectivity index (χ4n) is 1.68. The summed E-state index contributed by atoms with van der Waals surface area (Å²) in [4.78, 5) is 11.1. The van der Waals surface area contributed by atoms with E-state index in [4.69, 9.17) is 10.8 Å². The van der Waals surface area contributed by atoms with E-state index < -0.39 is 5.97 Å². The second-order valence-corrected chi connectivity index (χ2v) is 3.86. The lowest BCUT2D eigenvalue weighted by atomic mass is 10.1. The lowest BCUT2D eigenvalue weighted by Crippen LogP contribution is -2.06. The van der Waals surface area contributed by atoms with Crippen molar-refractivity contribution in [2.75, 3.05) is 6.54 Å². The SMILES string of the molecule is NCCCn1cc(-c2ccccc2C(=O)O)nn1. The molecule has 0 amide bonds. The number of aryl methyl sites for hydroxylation is 1. The smallest absolute Gasteiger partial charge is 0.336 e. The average Bonchev–Trinajstić information content (AvgIpc) is 2.85. The Morgan fingerprint density at radius 3 is 2.89 bits per heavy atom. The lowest BCUT2D eigenvalue weighted by molar-refractivity contribution is 0.0697. The number of nitrogens with zero attached hydrogens (tertiary/aromatic N) is 3. The van der Waals surface area contributed by atoms with E-state index in [0.29, 0.717) is 24.3 Å². The van der Waals surface area contributed by atoms with Crippen LogP contribution in [0, 0.1) is 0 Å². The average molecular weight is 246 g/mol. The second kappa shape index (κ2) is 5.42. The monoisotopic (exact) mass is 246 g/mol. The van der Waals surface area contributed by atoms with Gasteiger partial charge in [-0.25, -0.2) is 4.79 Å². The zero-order valence-electron chi connectivity index (χ0n) is 9.78. The fourth-order valence-corrected chi connectivity index (χ4v) is 1.68. The van der Waals surface area contributed by atoms with Crippen LogP contribution in [0.2, 0.25) is 0 Å². The normalized spacial score (nSPS) is 10.5. The predicted octanol–water partition coefficient (Wildman–Crippen LogP) is 0.992. The highest BCUT2D eigenvalue weighted by molar-refractivity contribution is 5.95. The fraction of sp³-hybridized carbons (Fsp3) is 0.250. The van der Waals surface area contributed by atoms with E-state index in [9.17, 15) is 4.79 Å². The molecule has 1 aromatic carbocycles. The van der Waals surface area contributed by atoms with E-state index in [1.807, 2.05) is 0 Å². The van der Waals surface area contributed by atoms with Crippen molar-refractivity contribution < 1.29 is 9.90 Å². The van der Waals surface area contributed by atoms with Crippen LogP contribution in [0.4, 0.5) is 0 Å². The minimum absolute atomic E-state index is 0.225. The first-order valence-electron chi connectivity index (χ1n) is 5.65. The molecule has 0 atom stereocenters. The zero-order chi connectivity index (χ0) is 13.0. The number of rotatable bonds is 5. The summed E-state index contributed by atoms with van der Waals surface area (Å²) in [5.74, 6) is -0.970. The summed E-state index contributed by atoms with van der Waals surface area (Å²) in [6.07, 6.45) is 2.54. The molecule has 6 nitrogen and oxygen atoms in total. The highest BCUT2D eigenvalue weighted by Crippen LogP contribution is 2.21. The van der Waals surface area contributed by atoms with Gasteiger partial charge < -0.3 is 10.8 Å². The molecule has 2 aromatic rings. The van der Waals surface area contributed by atoms with Gasteiger partial charge in [0.15, 0.2) is 0 Å². The van der Waals surface area contributed by atoms with E-state index in [2.05, 4.69) is 10.3 Å². The summed E-state index contributed by atoms with van der Waals surface area (Å²) in [6, 6.07) is 6.74. The molecule has 0 radical (unpaired) electrons. The molecule has 3 N–H and O–H groups in total. The summed E-state index contributed by atoms with van der Waals surface area (Å²) in [5.41, 5.74) is 6.78. The summed E-state index contributed by atoms with van der Waals surface area (Å²) in [6.45, 7) is 1.26. The number of hydrogen-bond acceptors (Lipinski definition) is 4. The first-order chi connectivity index (χ1) is 8.72. The molecule has 0 unspecified atom stereocenters. The van der Waals surface area contributed by atoms with Gasteiger partial charge >= 0.3 is 5.97 Å². The lowest BCUT2D eigenvalue weighted by Gasteiger charge is -2.01. The largest absolute Gasteiger partial charge is 0.478 e. The molecule has 94 valence electrons. The van der Waals surface area contributed by atoms with Gasteiger partial charge in [-0.15, -0.1) is 5.10 Å². The number of aromatic carboxylic acids is 1. The van der Waals surface area contributed by atoms with Crippen LogP contribution in [0.25, 0.3) is 11.3 Å². The van der Waals surface area contributed by atoms with Crippen LogP contribution in [0.5, 0.6) is 0 Å². The van der Waals surface area contributed by atoms with Gasteiger partial charge in [0.25, 0.3) is 0 Å². The number of hydrogen-bond donors (Lipinski definition) is 2. The highest BCUT2D eigenvalue weighted by Gasteiger charge is 2.13. The molecule has 0 spiro atoms. The van der Waals surface area contributed by atoms with Crippen molar-refractivity contribution >= 4 is 5.97 Å². The molecule has 0 bridgehead atoms. The Bertz CT molecular complexity index is 551. The van der Waals surface area contributed by atoms with Crippen molar-refractivity contribution in [3.8, 4) is 11.3 Å². The molecule has 0 saturated carbocycles. The molecule has 0 aliphatic carbocycles. The van der Waals surface area contributed by atoms with Crippen molar-refractivity contribution in [3.63, 3.8) is 0 Å². The predicted molar refractivity (Wildman–Crippen MR) is 66.1 cm³/mol. The molecule has 18 heavy (non-hydrogen) atoms. The molecular weight excluding hydrogens is 232 g/mol. The Kier molecular flexibility index (Phi) is 3.69. The summed E-state index contributed by atoms with van der Waals surface area (Å²) >= 11 is 0. The quantitative estimate of drug-likeness (QED) is 0.820. The maximum Gasteiger partial charge on any atom is 0.336 e. The number of carbonyl (C=O) groups is 1. The van der Waals surface area contributed by atoms with E-state index in [0.717, 1.165) is 6.42 Å². The standard InChI is InChI=1S/C12H14N4O2/c13-6-3-7-16-8-11(14-15-16)9-4-1-2-5-10(9)12(17)18/h1-2,4-5,8H,3,6-7,13H2,(H,17,18). The van der Waals surface area contributed by atoms with Gasteiger partial charge in [0.05, 0.1) is 11.8 Å². The molecule has 2 rings (SSSR count). The first-order valence-corrected chi connectivity index (χ1v) is 5.65. The van der Waals surface area contributed by atoms with Crippen molar-refractivity contribution in [3.05, 3.63) is 36.0 Å². The maximum absolute atomic E-state index is 11.1. The Hall–Kier alpha value is -2.21. The highest BCUT2D eigenvalue weighted by atomic mass is 16.4. The Morgan fingerprint density at radius 2 is 2.17 bits per heavy atom. The number of benzene rings is 1. The third kappa shape index (κ3) is 2.54. The molecular formula is C12H14N4O2. The van der Waals surface area contributed by atoms with E-state index in [1.54, 1.807) is 35.1 Å². The number of carboxylic acid groups (broad SMARTS) is 1. The van der Waals surface area contributed by atoms with Gasteiger partial charge in [0, 0.05) is 12.1 Å². The Balaban J connectivity index is 2.31. The Morgan fingerprint density at radius 1 is 1.39 bits per heavy atom. The topological polar surface area (TPSA) is 94.0 Å². The molecule has 1 heterocycles. The van der Waals surface area contributed by atoms with Crippen molar-refractivity contribution in [1.82, 2.24) is 15.0 Å². The zero-order valence-corrected chi connectivity index (χ0v) is 9.78. The molecule has 0 saturated heterocycles. The number of carboxylic acids is 1. The first kappa shape index (κ1) is 12.3. The second-order valence-electron chi connectivity index (χ2n) is 3.86. The molecule has 6 heteroatoms. The Labute approximate surface area is 104 Å². The summed E-state index contributed by atoms with van der Waals surface area (Å²) in [5, 5.41) is 17.0. The van der Waals surface area contributed by atoms with Crippen LogP contribution in [-0.2, 0) is 6.54 Å². The van der Waals surface area contributed by atoms with E-state index in [-0.39, 0.29) is 5.56 Å². The number of nitrogens with two attached hydrogens (primary N) is 1. The van der Waals surface area contributed by atoms with Gasteiger partial charge in [0.2, 0.25) is 0 Å². The van der Waals surface area contributed by atoms with Crippen molar-refractivity contribution in [1.29, 1.82) is 0 Å². The summed E-state index contributed by atoms with van der Waals surface area (Å²) in [7, 11) is 0. The van der Waals surface area contributed by atoms with Gasteiger partial charge in [-0.05, 0) is 19.0 Å². The van der Waals surface area contributed by atoms with Gasteiger partial charge in [0.1, 0.15) is 5.69 Å². The van der Waals surface area contributed by atoms with Crippen LogP contribution >= 0.6 is 0 Å². The van der Waals surface area contributed by atoms with Gasteiger partial charge in [-0.2, -0.15) is 0 Å². The van der Waals surface area contributed by atoms with Crippen molar-refractivity contribution in [2.45, 2.75) is 13.0 Å². The minimum atomic E-state index is -0.970. The van der Waals surface area contributed by atoms with Crippen LogP contribution < -0.4 is 5.73 Å². The van der Waals surface area contributed by atoms with Crippen LogP contribution in [0.1, 0.15) is 16.8 Å². The minimum Gasteiger partial charge on any atom is -0.478 e.